The average molecular weight is 305 g/mol. The van der Waals surface area contributed by atoms with E-state index in [0.29, 0.717) is 6.42 Å². The van der Waals surface area contributed by atoms with Crippen LogP contribution in [0, 0.1) is 5.92 Å². The van der Waals surface area contributed by atoms with Crippen molar-refractivity contribution in [3.63, 3.8) is 0 Å². The molecular weight excluding hydrogens is 278 g/mol. The van der Waals surface area contributed by atoms with Crippen LogP contribution < -0.4 is 5.32 Å². The monoisotopic (exact) mass is 305 g/mol. The first kappa shape index (κ1) is 18.2. The van der Waals surface area contributed by atoms with Gasteiger partial charge in [0.25, 0.3) is 0 Å². The Morgan fingerprint density at radius 2 is 1.73 bits per heavy atom. The molecule has 1 aromatic rings. The molecule has 122 valence electrons. The molecule has 2 atom stereocenters. The van der Waals surface area contributed by atoms with Crippen molar-refractivity contribution >= 4 is 11.9 Å². The quantitative estimate of drug-likeness (QED) is 0.817. The van der Waals surface area contributed by atoms with E-state index in [-0.39, 0.29) is 30.3 Å². The van der Waals surface area contributed by atoms with Gasteiger partial charge in [0.05, 0.1) is 6.04 Å². The van der Waals surface area contributed by atoms with Gasteiger partial charge in [0.2, 0.25) is 5.91 Å². The minimum Gasteiger partial charge on any atom is -0.460 e. The Kier molecular flexibility index (Phi) is 6.60. The number of ether oxygens (including phenoxy) is 1. The Morgan fingerprint density at radius 1 is 1.14 bits per heavy atom. The number of hydrogen-bond acceptors (Lipinski definition) is 3. The summed E-state index contributed by atoms with van der Waals surface area (Å²) in [5.41, 5.74) is 0.583. The van der Waals surface area contributed by atoms with Crippen molar-refractivity contribution in [1.82, 2.24) is 5.32 Å². The van der Waals surface area contributed by atoms with Crippen LogP contribution in [0.5, 0.6) is 0 Å². The Hall–Kier alpha value is -1.84. The van der Waals surface area contributed by atoms with Crippen molar-refractivity contribution in [2.24, 2.45) is 5.92 Å². The second-order valence-electron chi connectivity index (χ2n) is 6.67. The highest BCUT2D eigenvalue weighted by atomic mass is 16.6. The van der Waals surface area contributed by atoms with Gasteiger partial charge in [-0.05, 0) is 39.7 Å². The third-order valence-electron chi connectivity index (χ3n) is 3.31. The molecule has 1 amide bonds. The van der Waals surface area contributed by atoms with Gasteiger partial charge in [0.15, 0.2) is 0 Å². The van der Waals surface area contributed by atoms with Crippen LogP contribution in [0.15, 0.2) is 30.3 Å². The summed E-state index contributed by atoms with van der Waals surface area (Å²) < 4.78 is 5.25. The highest BCUT2D eigenvalue weighted by molar-refractivity contribution is 5.79. The third-order valence-corrected chi connectivity index (χ3v) is 3.31. The van der Waals surface area contributed by atoms with E-state index in [4.69, 9.17) is 4.74 Å². The standard InChI is InChI=1S/C18H27NO3/c1-13(11-12-16(20)22-18(3,4)5)17(21)19-14(2)15-9-7-6-8-10-15/h6-10,13-14H,11-12H2,1-5H3,(H,19,21)/t13-,14-/m0/s1. The van der Waals surface area contributed by atoms with Crippen molar-refractivity contribution in [2.75, 3.05) is 0 Å². The summed E-state index contributed by atoms with van der Waals surface area (Å²) in [5.74, 6) is -0.526. The molecule has 4 heteroatoms. The lowest BCUT2D eigenvalue weighted by Gasteiger charge is -2.21. The summed E-state index contributed by atoms with van der Waals surface area (Å²) >= 11 is 0. The molecule has 0 radical (unpaired) electrons. The lowest BCUT2D eigenvalue weighted by molar-refractivity contribution is -0.155. The maximum atomic E-state index is 12.2. The Bertz CT molecular complexity index is 491. The second kappa shape index (κ2) is 7.97. The van der Waals surface area contributed by atoms with Gasteiger partial charge < -0.3 is 10.1 Å². The minimum absolute atomic E-state index is 0.0417. The lowest BCUT2D eigenvalue weighted by atomic mass is 10.0. The van der Waals surface area contributed by atoms with Crippen LogP contribution in [0.1, 0.15) is 59.1 Å². The first-order valence-electron chi connectivity index (χ1n) is 7.76. The smallest absolute Gasteiger partial charge is 0.306 e. The molecule has 0 aliphatic heterocycles. The van der Waals surface area contributed by atoms with E-state index >= 15 is 0 Å². The highest BCUT2D eigenvalue weighted by Gasteiger charge is 2.20. The summed E-state index contributed by atoms with van der Waals surface area (Å²) in [6.07, 6.45) is 0.744. The molecule has 0 saturated carbocycles. The molecule has 1 rings (SSSR count). The zero-order valence-corrected chi connectivity index (χ0v) is 14.2. The van der Waals surface area contributed by atoms with Crippen LogP contribution in [0.25, 0.3) is 0 Å². The molecule has 0 aliphatic rings. The predicted molar refractivity (Wildman–Crippen MR) is 87.2 cm³/mol. The fourth-order valence-electron chi connectivity index (χ4n) is 2.04. The number of carbonyl (C=O) groups excluding carboxylic acids is 2. The van der Waals surface area contributed by atoms with Gasteiger partial charge in [-0.25, -0.2) is 0 Å². The molecule has 0 heterocycles. The number of amides is 1. The SMILES string of the molecule is C[C@H](NC(=O)[C@@H](C)CCC(=O)OC(C)(C)C)c1ccccc1. The first-order valence-corrected chi connectivity index (χ1v) is 7.76. The van der Waals surface area contributed by atoms with E-state index in [9.17, 15) is 9.59 Å². The summed E-state index contributed by atoms with van der Waals surface area (Å²) in [4.78, 5) is 23.8. The summed E-state index contributed by atoms with van der Waals surface area (Å²) in [6.45, 7) is 9.29. The molecule has 4 nitrogen and oxygen atoms in total. The number of esters is 1. The first-order chi connectivity index (χ1) is 10.2. The van der Waals surface area contributed by atoms with E-state index in [0.717, 1.165) is 5.56 Å². The average Bonchev–Trinajstić information content (AvgIpc) is 2.43. The number of benzene rings is 1. The second-order valence-corrected chi connectivity index (χ2v) is 6.67. The van der Waals surface area contributed by atoms with Crippen molar-refractivity contribution in [3.05, 3.63) is 35.9 Å². The molecule has 0 spiro atoms. The fourth-order valence-corrected chi connectivity index (χ4v) is 2.04. The fraction of sp³-hybridized carbons (Fsp3) is 0.556. The Labute approximate surface area is 133 Å². The maximum absolute atomic E-state index is 12.2. The predicted octanol–water partition coefficient (Wildman–Crippen LogP) is 3.62. The van der Waals surface area contributed by atoms with Crippen LogP contribution in [-0.4, -0.2) is 17.5 Å². The van der Waals surface area contributed by atoms with E-state index in [2.05, 4.69) is 5.32 Å². The zero-order valence-electron chi connectivity index (χ0n) is 14.2. The van der Waals surface area contributed by atoms with Crippen molar-refractivity contribution in [1.29, 1.82) is 0 Å². The van der Waals surface area contributed by atoms with E-state index in [1.165, 1.54) is 0 Å². The summed E-state index contributed by atoms with van der Waals surface area (Å²) in [6, 6.07) is 9.76. The van der Waals surface area contributed by atoms with Crippen LogP contribution >= 0.6 is 0 Å². The van der Waals surface area contributed by atoms with E-state index in [1.807, 2.05) is 65.0 Å². The molecule has 0 unspecified atom stereocenters. The van der Waals surface area contributed by atoms with Gasteiger partial charge in [0.1, 0.15) is 5.60 Å². The van der Waals surface area contributed by atoms with Crippen LogP contribution in [0.2, 0.25) is 0 Å². The van der Waals surface area contributed by atoms with E-state index < -0.39 is 5.60 Å². The Morgan fingerprint density at radius 3 is 2.27 bits per heavy atom. The van der Waals surface area contributed by atoms with Crippen LogP contribution in [-0.2, 0) is 14.3 Å². The number of hydrogen-bond donors (Lipinski definition) is 1. The highest BCUT2D eigenvalue weighted by Crippen LogP contribution is 2.15. The number of nitrogens with one attached hydrogen (secondary N) is 1. The van der Waals surface area contributed by atoms with Gasteiger partial charge in [0, 0.05) is 12.3 Å². The topological polar surface area (TPSA) is 55.4 Å². The van der Waals surface area contributed by atoms with Gasteiger partial charge >= 0.3 is 5.97 Å². The lowest BCUT2D eigenvalue weighted by Crippen LogP contribution is -2.32. The molecule has 0 fully saturated rings. The summed E-state index contributed by atoms with van der Waals surface area (Å²) in [5, 5.41) is 2.98. The van der Waals surface area contributed by atoms with Crippen LogP contribution in [0.4, 0.5) is 0 Å². The largest absolute Gasteiger partial charge is 0.460 e. The zero-order chi connectivity index (χ0) is 16.8. The maximum Gasteiger partial charge on any atom is 0.306 e. The molecule has 0 aliphatic carbocycles. The van der Waals surface area contributed by atoms with Crippen molar-refractivity contribution < 1.29 is 14.3 Å². The third kappa shape index (κ3) is 6.74. The van der Waals surface area contributed by atoms with Gasteiger partial charge in [-0.1, -0.05) is 37.3 Å². The van der Waals surface area contributed by atoms with E-state index in [1.54, 1.807) is 0 Å². The Balaban J connectivity index is 2.41. The van der Waals surface area contributed by atoms with Crippen molar-refractivity contribution in [2.45, 2.75) is 59.1 Å². The normalized spacial score (nSPS) is 14.0. The minimum atomic E-state index is -0.482. The van der Waals surface area contributed by atoms with Gasteiger partial charge in [-0.2, -0.15) is 0 Å². The van der Waals surface area contributed by atoms with Gasteiger partial charge in [-0.3, -0.25) is 9.59 Å². The molecule has 1 aromatic carbocycles. The molecule has 0 bridgehead atoms. The molecule has 22 heavy (non-hydrogen) atoms. The van der Waals surface area contributed by atoms with Crippen molar-refractivity contribution in [3.8, 4) is 0 Å². The van der Waals surface area contributed by atoms with Crippen LogP contribution in [0.3, 0.4) is 0 Å². The molecule has 1 N–H and O–H groups in total. The molecule has 0 saturated heterocycles. The number of carbonyl (C=O) groups is 2. The molecular formula is C18H27NO3. The van der Waals surface area contributed by atoms with Gasteiger partial charge in [-0.15, -0.1) is 0 Å². The summed E-state index contributed by atoms with van der Waals surface area (Å²) in [7, 11) is 0. The number of rotatable bonds is 6. The molecule has 0 aromatic heterocycles.